The molecule has 3 amide bonds. The number of aliphatic hydroxyl groups is 1. The van der Waals surface area contributed by atoms with Crippen molar-refractivity contribution in [3.05, 3.63) is 0 Å². The molecule has 0 radical (unpaired) electrons. The van der Waals surface area contributed by atoms with E-state index in [-0.39, 0.29) is 35.7 Å². The van der Waals surface area contributed by atoms with Crippen LogP contribution in [0, 0.1) is 23.2 Å². The number of hydrogen-bond donors (Lipinski definition) is 3. The van der Waals surface area contributed by atoms with Gasteiger partial charge in [-0.2, -0.15) is 0 Å². The first-order chi connectivity index (χ1) is 15.0. The third-order valence-electron chi connectivity index (χ3n) is 7.74. The molecule has 3 aliphatic heterocycles. The Morgan fingerprint density at radius 1 is 1.18 bits per heavy atom. The summed E-state index contributed by atoms with van der Waals surface area (Å²) < 4.78 is 6.57. The number of hydrogen-bond acceptors (Lipinski definition) is 5. The number of nitrogens with one attached hydrogen (secondary N) is 2. The minimum absolute atomic E-state index is 0.00551. The molecular weight excluding hydrogens is 422 g/mol. The van der Waals surface area contributed by atoms with Gasteiger partial charge in [0.05, 0.1) is 30.1 Å². The molecule has 3 heterocycles. The molecule has 33 heavy (non-hydrogen) atoms. The van der Waals surface area contributed by atoms with E-state index in [0.29, 0.717) is 12.8 Å². The largest absolute Gasteiger partial charge is 0.394 e. The van der Waals surface area contributed by atoms with Crippen molar-refractivity contribution in [2.24, 2.45) is 23.2 Å². The van der Waals surface area contributed by atoms with Crippen LogP contribution in [0.15, 0.2) is 0 Å². The maximum absolute atomic E-state index is 14.0. The van der Waals surface area contributed by atoms with Crippen LogP contribution in [0.5, 0.6) is 0 Å². The van der Waals surface area contributed by atoms with Crippen molar-refractivity contribution in [1.29, 1.82) is 0 Å². The van der Waals surface area contributed by atoms with Crippen molar-refractivity contribution in [3.8, 4) is 0 Å². The summed E-state index contributed by atoms with van der Waals surface area (Å²) in [5.41, 5.74) is -2.38. The number of carbonyl (C=O) groups excluding carboxylic acids is 3. The van der Waals surface area contributed by atoms with Crippen LogP contribution >= 0.6 is 0 Å². The second-order valence-electron chi connectivity index (χ2n) is 12.7. The lowest BCUT2D eigenvalue weighted by atomic mass is 9.66. The van der Waals surface area contributed by atoms with E-state index in [2.05, 4.69) is 31.4 Å². The highest BCUT2D eigenvalue weighted by Gasteiger charge is 2.78. The molecule has 6 atom stereocenters. The molecule has 0 aromatic rings. The zero-order valence-electron chi connectivity index (χ0n) is 21.7. The molecule has 8 heteroatoms. The predicted octanol–water partition coefficient (Wildman–Crippen LogP) is 1.85. The molecule has 8 nitrogen and oxygen atoms in total. The molecule has 0 saturated carbocycles. The minimum atomic E-state index is -1.08. The number of rotatable bonds is 7. The quantitative estimate of drug-likeness (QED) is 0.532. The van der Waals surface area contributed by atoms with Crippen LogP contribution in [0.4, 0.5) is 0 Å². The Morgan fingerprint density at radius 2 is 1.79 bits per heavy atom. The molecule has 3 rings (SSSR count). The van der Waals surface area contributed by atoms with Gasteiger partial charge >= 0.3 is 0 Å². The fourth-order valence-electron chi connectivity index (χ4n) is 6.97. The summed E-state index contributed by atoms with van der Waals surface area (Å²) >= 11 is 0. The summed E-state index contributed by atoms with van der Waals surface area (Å²) in [6.45, 7) is 15.8. The Hall–Kier alpha value is -1.67. The summed E-state index contributed by atoms with van der Waals surface area (Å²) in [5.74, 6) is -2.27. The van der Waals surface area contributed by atoms with Crippen LogP contribution in [-0.2, 0) is 19.1 Å². The summed E-state index contributed by atoms with van der Waals surface area (Å²) in [7, 11) is 1.56. The zero-order chi connectivity index (χ0) is 25.1. The Bertz CT molecular complexity index is 819. The van der Waals surface area contributed by atoms with Crippen molar-refractivity contribution < 1.29 is 24.2 Å². The van der Waals surface area contributed by atoms with Crippen LogP contribution in [0.25, 0.3) is 0 Å². The van der Waals surface area contributed by atoms with Crippen molar-refractivity contribution in [2.45, 2.75) is 103 Å². The van der Waals surface area contributed by atoms with Crippen molar-refractivity contribution in [2.75, 3.05) is 13.7 Å². The van der Waals surface area contributed by atoms with Gasteiger partial charge in [0.1, 0.15) is 11.6 Å². The number of amides is 3. The van der Waals surface area contributed by atoms with Crippen LogP contribution < -0.4 is 10.6 Å². The van der Waals surface area contributed by atoms with Crippen LogP contribution in [0.1, 0.15) is 74.7 Å². The van der Waals surface area contributed by atoms with Crippen molar-refractivity contribution >= 4 is 17.7 Å². The maximum Gasteiger partial charge on any atom is 0.246 e. The van der Waals surface area contributed by atoms with Crippen LogP contribution in [0.3, 0.4) is 0 Å². The van der Waals surface area contributed by atoms with Gasteiger partial charge in [0.15, 0.2) is 0 Å². The highest BCUT2D eigenvalue weighted by Crippen LogP contribution is 2.63. The predicted molar refractivity (Wildman–Crippen MR) is 125 cm³/mol. The van der Waals surface area contributed by atoms with Crippen molar-refractivity contribution in [1.82, 2.24) is 15.5 Å². The standard InChI is InChI=1S/C25H43N3O5/c1-14(2)15(12-29)28-18(20(31)27-23(6,7)13-22(3,4)5)25-11-10-24(8,33-25)16(19(30)26-9)17(25)21(28)32/h14-18,29H,10-13H2,1-9H3,(H,26,30)(H,27,31)/t15-,16+,17-,18?,24-,25?/m0/s1. The molecule has 3 N–H and O–H groups in total. The number of nitrogens with zero attached hydrogens (tertiary/aromatic N) is 1. The Morgan fingerprint density at radius 3 is 2.27 bits per heavy atom. The molecule has 3 saturated heterocycles. The van der Waals surface area contributed by atoms with Crippen LogP contribution in [0.2, 0.25) is 0 Å². The lowest BCUT2D eigenvalue weighted by Crippen LogP contribution is -2.62. The molecule has 3 fully saturated rings. The number of aliphatic hydroxyl groups excluding tert-OH is 1. The van der Waals surface area contributed by atoms with E-state index in [1.54, 1.807) is 11.9 Å². The van der Waals surface area contributed by atoms with Gasteiger partial charge in [-0.1, -0.05) is 34.6 Å². The van der Waals surface area contributed by atoms with E-state index >= 15 is 0 Å². The summed E-state index contributed by atoms with van der Waals surface area (Å²) in [6.07, 6.45) is 1.87. The van der Waals surface area contributed by atoms with Gasteiger partial charge < -0.3 is 25.4 Å². The Balaban J connectivity index is 2.08. The average molecular weight is 466 g/mol. The first-order valence-corrected chi connectivity index (χ1v) is 12.2. The minimum Gasteiger partial charge on any atom is -0.394 e. The number of fused-ring (bicyclic) bond motifs is 1. The third-order valence-corrected chi connectivity index (χ3v) is 7.74. The van der Waals surface area contributed by atoms with E-state index in [9.17, 15) is 19.5 Å². The fourth-order valence-corrected chi connectivity index (χ4v) is 6.97. The molecule has 1 spiro atoms. The average Bonchev–Trinajstić information content (AvgIpc) is 3.20. The maximum atomic E-state index is 14.0. The van der Waals surface area contributed by atoms with Crippen LogP contribution in [-0.4, -0.2) is 70.2 Å². The van der Waals surface area contributed by atoms with E-state index in [1.165, 1.54) is 0 Å². The third kappa shape index (κ3) is 4.18. The van der Waals surface area contributed by atoms with Gasteiger partial charge in [0.25, 0.3) is 0 Å². The number of likely N-dealkylation sites (tertiary alicyclic amines) is 1. The van der Waals surface area contributed by atoms with Gasteiger partial charge in [0, 0.05) is 12.6 Å². The second kappa shape index (κ2) is 8.22. The summed E-state index contributed by atoms with van der Waals surface area (Å²) in [5, 5.41) is 16.1. The molecule has 0 aromatic heterocycles. The van der Waals surface area contributed by atoms with Gasteiger partial charge in [-0.25, -0.2) is 0 Å². The van der Waals surface area contributed by atoms with Crippen molar-refractivity contribution in [3.63, 3.8) is 0 Å². The molecule has 188 valence electrons. The first-order valence-electron chi connectivity index (χ1n) is 12.2. The van der Waals surface area contributed by atoms with Gasteiger partial charge in [-0.15, -0.1) is 0 Å². The highest BCUT2D eigenvalue weighted by atomic mass is 16.5. The molecule has 3 aliphatic rings. The lowest BCUT2D eigenvalue weighted by Gasteiger charge is -2.41. The van der Waals surface area contributed by atoms with E-state index < -0.39 is 40.7 Å². The molecule has 2 unspecified atom stereocenters. The topological polar surface area (TPSA) is 108 Å². The fraction of sp³-hybridized carbons (Fsp3) is 0.880. The first kappa shape index (κ1) is 25.9. The normalized spacial score (nSPS) is 34.6. The van der Waals surface area contributed by atoms with E-state index in [0.717, 1.165) is 6.42 Å². The summed E-state index contributed by atoms with van der Waals surface area (Å²) in [6, 6.07) is -1.44. The van der Waals surface area contributed by atoms with Gasteiger partial charge in [-0.3, -0.25) is 14.4 Å². The molecule has 2 bridgehead atoms. The Labute approximate surface area is 198 Å². The van der Waals surface area contributed by atoms with Gasteiger partial charge in [0.2, 0.25) is 17.7 Å². The Kier molecular flexibility index (Phi) is 6.46. The smallest absolute Gasteiger partial charge is 0.246 e. The monoisotopic (exact) mass is 465 g/mol. The molecular formula is C25H43N3O5. The number of ether oxygens (including phenoxy) is 1. The van der Waals surface area contributed by atoms with E-state index in [1.807, 2.05) is 34.6 Å². The highest BCUT2D eigenvalue weighted by molar-refractivity contribution is 5.99. The second-order valence-corrected chi connectivity index (χ2v) is 12.7. The SMILES string of the molecule is CNC(=O)[C@H]1[C@H]2C(=O)N([C@@H](CO)C(C)C)C(C(=O)NC(C)(C)CC(C)(C)C)C23CC[C@]1(C)O3. The van der Waals surface area contributed by atoms with E-state index in [4.69, 9.17) is 4.74 Å². The summed E-state index contributed by atoms with van der Waals surface area (Å²) in [4.78, 5) is 42.4. The lowest BCUT2D eigenvalue weighted by molar-refractivity contribution is -0.151. The zero-order valence-corrected chi connectivity index (χ0v) is 21.7. The molecule has 0 aromatic carbocycles. The number of carbonyl (C=O) groups is 3. The van der Waals surface area contributed by atoms with Gasteiger partial charge in [-0.05, 0) is 51.4 Å². The molecule has 0 aliphatic carbocycles.